The van der Waals surface area contributed by atoms with Gasteiger partial charge in [0.1, 0.15) is 61.0 Å². The number of carbonyl (C=O) groups excluding carboxylic acids is 1. The minimum absolute atomic E-state index is 0.0296. The van der Waals surface area contributed by atoms with E-state index in [2.05, 4.69) is 53.9 Å². The lowest BCUT2D eigenvalue weighted by molar-refractivity contribution is -0.314. The van der Waals surface area contributed by atoms with Crippen LogP contribution in [0, 0.1) is 5.41 Å². The van der Waals surface area contributed by atoms with Crippen LogP contribution in [0.3, 0.4) is 0 Å². The monoisotopic (exact) mass is 787 g/mol. The first-order valence-electron chi connectivity index (χ1n) is 18.2. The number of nitrogens with zero attached hydrogens (tertiary/aromatic N) is 1. The van der Waals surface area contributed by atoms with Crippen LogP contribution in [-0.4, -0.2) is 171 Å². The zero-order chi connectivity index (χ0) is 41.2. The fraction of sp³-hybridized carbons (Fsp3) is 0.743. The van der Waals surface area contributed by atoms with Crippen molar-refractivity contribution in [3.8, 4) is 0 Å². The molecule has 20 nitrogen and oxygen atoms in total. The molecule has 3 rings (SSSR count). The van der Waals surface area contributed by atoms with Crippen LogP contribution >= 0.6 is 0 Å². The lowest BCUT2D eigenvalue weighted by Gasteiger charge is -2.46. The Labute approximate surface area is 320 Å². The zero-order valence-corrected chi connectivity index (χ0v) is 31.9. The molecule has 55 heavy (non-hydrogen) atoms. The van der Waals surface area contributed by atoms with Gasteiger partial charge in [-0.15, -0.1) is 0 Å². The summed E-state index contributed by atoms with van der Waals surface area (Å²) in [6, 6.07) is -4.20. The van der Waals surface area contributed by atoms with Gasteiger partial charge in [0.05, 0.1) is 25.3 Å². The third-order valence-electron chi connectivity index (χ3n) is 9.97. The number of aliphatic imine (C=N–C) groups is 1. The van der Waals surface area contributed by atoms with Crippen molar-refractivity contribution in [1.29, 1.82) is 5.41 Å². The first-order valence-corrected chi connectivity index (χ1v) is 18.2. The lowest BCUT2D eigenvalue weighted by Crippen LogP contribution is -2.70. The number of likely N-dealkylation sites (N-methyl/N-ethyl adjacent to an activating group) is 1. The Balaban J connectivity index is 1.82. The Hall–Kier alpha value is -3.09. The van der Waals surface area contributed by atoms with E-state index < -0.39 is 110 Å². The third-order valence-corrected chi connectivity index (χ3v) is 9.97. The molecule has 1 aliphatic carbocycles. The van der Waals surface area contributed by atoms with Crippen LogP contribution < -0.4 is 27.4 Å². The second-order valence-electron chi connectivity index (χ2n) is 14.5. The van der Waals surface area contributed by atoms with E-state index in [1.165, 1.54) is 18.2 Å². The SMILES string of the molecule is CNC1C(OC2C(OC3C(O)C(O)C(N=C(N)N/C=C(\C)CC/C=C(\C)CCC=C(C)C)C(O)C3NC(=N)N)OC(CO)C2(O)C=O)OC(CO)C(O)C1O. The molecule has 2 heterocycles. The van der Waals surface area contributed by atoms with Gasteiger partial charge in [-0.05, 0) is 60.4 Å². The first-order chi connectivity index (χ1) is 25.9. The fourth-order valence-electron chi connectivity index (χ4n) is 6.74. The lowest BCUT2D eigenvalue weighted by atomic mass is 9.81. The van der Waals surface area contributed by atoms with Gasteiger partial charge in [-0.2, -0.15) is 0 Å². The van der Waals surface area contributed by atoms with Gasteiger partial charge < -0.3 is 87.2 Å². The molecule has 1 saturated carbocycles. The van der Waals surface area contributed by atoms with Crippen LogP contribution in [0.5, 0.6) is 0 Å². The zero-order valence-electron chi connectivity index (χ0n) is 31.9. The summed E-state index contributed by atoms with van der Waals surface area (Å²) >= 11 is 0. The van der Waals surface area contributed by atoms with Gasteiger partial charge in [-0.1, -0.05) is 28.9 Å². The molecule has 314 valence electrons. The number of aliphatic hydroxyl groups is 8. The molecule has 16 N–H and O–H groups in total. The van der Waals surface area contributed by atoms with E-state index in [1.54, 1.807) is 6.20 Å². The van der Waals surface area contributed by atoms with Crippen molar-refractivity contribution in [3.63, 3.8) is 0 Å². The number of rotatable bonds is 17. The number of guanidine groups is 2. The first kappa shape index (κ1) is 46.3. The molecule has 0 bridgehead atoms. The Morgan fingerprint density at radius 3 is 2.09 bits per heavy atom. The maximum absolute atomic E-state index is 12.3. The third kappa shape index (κ3) is 11.5. The van der Waals surface area contributed by atoms with Crippen LogP contribution in [0.1, 0.15) is 53.4 Å². The number of allylic oxidation sites excluding steroid dienone is 5. The average Bonchev–Trinajstić information content (AvgIpc) is 3.40. The van der Waals surface area contributed by atoms with Crippen LogP contribution in [-0.2, 0) is 23.7 Å². The van der Waals surface area contributed by atoms with Crippen molar-refractivity contribution in [3.05, 3.63) is 35.1 Å². The van der Waals surface area contributed by atoms with E-state index >= 15 is 0 Å². The van der Waals surface area contributed by atoms with Crippen LogP contribution in [0.2, 0.25) is 0 Å². The van der Waals surface area contributed by atoms with Crippen molar-refractivity contribution < 1.29 is 64.6 Å². The van der Waals surface area contributed by atoms with Crippen LogP contribution in [0.25, 0.3) is 0 Å². The summed E-state index contributed by atoms with van der Waals surface area (Å²) in [6.07, 6.45) is -9.24. The predicted octanol–water partition coefficient (Wildman–Crippen LogP) is -3.97. The quantitative estimate of drug-likeness (QED) is 0.0289. The van der Waals surface area contributed by atoms with E-state index in [-0.39, 0.29) is 12.2 Å². The van der Waals surface area contributed by atoms with Crippen LogP contribution in [0.4, 0.5) is 0 Å². The number of ether oxygens (including phenoxy) is 4. The number of nitrogens with two attached hydrogens (primary N) is 2. The highest BCUT2D eigenvalue weighted by Gasteiger charge is 2.62. The molecule has 2 saturated heterocycles. The van der Waals surface area contributed by atoms with E-state index in [1.807, 2.05) is 6.92 Å². The van der Waals surface area contributed by atoms with Gasteiger partial charge in [-0.3, -0.25) is 10.2 Å². The molecule has 0 aromatic heterocycles. The smallest absolute Gasteiger partial charge is 0.193 e. The topological polar surface area (TPSA) is 340 Å². The largest absolute Gasteiger partial charge is 0.394 e. The summed E-state index contributed by atoms with van der Waals surface area (Å²) in [7, 11) is 1.40. The minimum Gasteiger partial charge on any atom is -0.394 e. The highest BCUT2D eigenvalue weighted by atomic mass is 16.8. The van der Waals surface area contributed by atoms with Gasteiger partial charge in [0, 0.05) is 6.20 Å². The minimum atomic E-state index is -2.64. The Morgan fingerprint density at radius 1 is 0.855 bits per heavy atom. The van der Waals surface area contributed by atoms with E-state index in [4.69, 9.17) is 35.8 Å². The number of aliphatic hydroxyl groups excluding tert-OH is 7. The van der Waals surface area contributed by atoms with E-state index in [0.29, 0.717) is 6.42 Å². The molecule has 3 fully saturated rings. The summed E-state index contributed by atoms with van der Waals surface area (Å²) in [5.74, 6) is -0.888. The number of carbonyl (C=O) groups is 1. The van der Waals surface area contributed by atoms with Gasteiger partial charge in [0.2, 0.25) is 0 Å². The highest BCUT2D eigenvalue weighted by molar-refractivity contribution is 5.79. The molecule has 0 aromatic rings. The summed E-state index contributed by atoms with van der Waals surface area (Å²) < 4.78 is 23.2. The number of aldehydes is 1. The predicted molar refractivity (Wildman–Crippen MR) is 198 cm³/mol. The number of nitrogens with one attached hydrogen (secondary N) is 4. The van der Waals surface area contributed by atoms with Crippen molar-refractivity contribution >= 4 is 18.2 Å². The maximum Gasteiger partial charge on any atom is 0.193 e. The van der Waals surface area contributed by atoms with Crippen molar-refractivity contribution in [2.75, 3.05) is 20.3 Å². The van der Waals surface area contributed by atoms with Crippen LogP contribution in [0.15, 0.2) is 40.1 Å². The van der Waals surface area contributed by atoms with Crippen molar-refractivity contribution in [2.45, 2.75) is 145 Å². The molecule has 0 radical (unpaired) electrons. The average molecular weight is 788 g/mol. The normalized spacial score (nSPS) is 38.7. The Bertz CT molecular complexity index is 1400. The van der Waals surface area contributed by atoms with E-state index in [0.717, 1.165) is 24.8 Å². The Kier molecular flexibility index (Phi) is 17.6. The number of hydrogen-bond donors (Lipinski definition) is 14. The van der Waals surface area contributed by atoms with Gasteiger partial charge in [0.15, 0.2) is 36.4 Å². The van der Waals surface area contributed by atoms with E-state index in [9.17, 15) is 45.6 Å². The summed E-state index contributed by atoms with van der Waals surface area (Å²) in [5.41, 5.74) is 12.6. The molecular weight excluding hydrogens is 726 g/mol. The second kappa shape index (κ2) is 20.9. The number of hydrogen-bond acceptors (Lipinski definition) is 16. The molecule has 15 unspecified atom stereocenters. The Morgan fingerprint density at radius 2 is 1.51 bits per heavy atom. The highest BCUT2D eigenvalue weighted by Crippen LogP contribution is 2.38. The molecule has 0 aromatic carbocycles. The molecule has 3 aliphatic rings. The molecule has 20 heteroatoms. The summed E-state index contributed by atoms with van der Waals surface area (Å²) in [5, 5.41) is 102. The maximum atomic E-state index is 12.3. The van der Waals surface area contributed by atoms with Gasteiger partial charge in [0.25, 0.3) is 0 Å². The fourth-order valence-corrected chi connectivity index (χ4v) is 6.74. The van der Waals surface area contributed by atoms with Gasteiger partial charge >= 0.3 is 0 Å². The molecular formula is C35H61N7O13. The summed E-state index contributed by atoms with van der Waals surface area (Å²) in [6.45, 7) is 6.42. The molecule has 0 amide bonds. The molecule has 2 aliphatic heterocycles. The molecule has 15 atom stereocenters. The van der Waals surface area contributed by atoms with Gasteiger partial charge in [-0.25, -0.2) is 4.99 Å². The van der Waals surface area contributed by atoms with Crippen molar-refractivity contribution in [1.82, 2.24) is 16.0 Å². The second-order valence-corrected chi connectivity index (χ2v) is 14.5. The van der Waals surface area contributed by atoms with Crippen molar-refractivity contribution in [2.24, 2.45) is 16.5 Å². The summed E-state index contributed by atoms with van der Waals surface area (Å²) in [4.78, 5) is 16.5. The standard InChI is InChI=1S/C35H61N7O13/c1-16(2)8-6-9-17(3)10-7-11-18(4)12-40-34(38)42-21-25(47)22(41-33(36)37)29(28(50)26(21)48)54-32-30(35(51,15-45)20(14-44)53-32)55-31-23(39-5)27(49)24(46)19(13-43)52-31/h8,10,12,15,19-32,39,43-44,46-51H,6-7,9,11,13-14H2,1-5H3,(H4,36,37,41)(H3,38,40,42)/b17-10+,18-12+. The molecule has 0 spiro atoms.